The maximum Gasteiger partial charge on any atom is 0.240 e. The Kier molecular flexibility index (Phi) is 6.27. The van der Waals surface area contributed by atoms with E-state index in [4.69, 9.17) is 23.2 Å². The molecule has 0 bridgehead atoms. The molecule has 0 amide bonds. The Morgan fingerprint density at radius 1 is 1.06 bits per heavy atom. The summed E-state index contributed by atoms with van der Waals surface area (Å²) in [6, 6.07) is 6.10. The van der Waals surface area contributed by atoms with Gasteiger partial charge in [0, 0.05) is 17.4 Å². The third kappa shape index (κ3) is 5.25. The van der Waals surface area contributed by atoms with E-state index >= 15 is 0 Å². The molecule has 1 rings (SSSR count). The minimum atomic E-state index is -3.41. The second-order valence-electron chi connectivity index (χ2n) is 3.60. The van der Waals surface area contributed by atoms with Gasteiger partial charge in [-0.05, 0) is 37.1 Å². The maximum atomic E-state index is 11.8. The predicted octanol–water partition coefficient (Wildman–Crippen LogP) is 3.03. The third-order valence-electron chi connectivity index (χ3n) is 2.23. The van der Waals surface area contributed by atoms with Crippen molar-refractivity contribution in [1.82, 2.24) is 4.72 Å². The summed E-state index contributed by atoms with van der Waals surface area (Å²) in [6.07, 6.45) is 2.62. The van der Waals surface area contributed by atoms with Crippen LogP contribution < -0.4 is 4.72 Å². The Hall–Kier alpha value is -0.290. The van der Waals surface area contributed by atoms with Gasteiger partial charge >= 0.3 is 0 Å². The number of benzene rings is 1. The number of alkyl halides is 1. The molecule has 0 aliphatic carbocycles. The molecule has 0 radical (unpaired) electrons. The van der Waals surface area contributed by atoms with E-state index in [1.165, 1.54) is 12.1 Å². The van der Waals surface area contributed by atoms with Gasteiger partial charge in [-0.2, -0.15) is 0 Å². The van der Waals surface area contributed by atoms with Crippen molar-refractivity contribution in [3.05, 3.63) is 29.3 Å². The van der Waals surface area contributed by atoms with Crippen molar-refractivity contribution < 1.29 is 8.42 Å². The second kappa shape index (κ2) is 7.21. The summed E-state index contributed by atoms with van der Waals surface area (Å²) in [7, 11) is -3.41. The molecule has 0 aliphatic rings. The van der Waals surface area contributed by atoms with Crippen LogP contribution in [-0.2, 0) is 10.0 Å². The lowest BCUT2D eigenvalue weighted by Crippen LogP contribution is -2.24. The highest BCUT2D eigenvalue weighted by Crippen LogP contribution is 2.13. The van der Waals surface area contributed by atoms with Crippen LogP contribution in [-0.4, -0.2) is 20.8 Å². The monoisotopic (exact) mass is 295 g/mol. The first-order chi connectivity index (χ1) is 8.06. The fourth-order valence-electron chi connectivity index (χ4n) is 1.30. The zero-order valence-electron chi connectivity index (χ0n) is 9.33. The molecule has 0 spiro atoms. The Morgan fingerprint density at radius 2 is 1.71 bits per heavy atom. The molecule has 0 saturated heterocycles. The van der Waals surface area contributed by atoms with Gasteiger partial charge in [-0.1, -0.05) is 18.0 Å². The molecule has 0 heterocycles. The van der Waals surface area contributed by atoms with E-state index in [-0.39, 0.29) is 4.90 Å². The average molecular weight is 296 g/mol. The van der Waals surface area contributed by atoms with E-state index in [1.807, 2.05) is 0 Å². The van der Waals surface area contributed by atoms with Crippen molar-refractivity contribution in [2.24, 2.45) is 0 Å². The molecule has 0 atom stereocenters. The van der Waals surface area contributed by atoms with Crippen molar-refractivity contribution in [1.29, 1.82) is 0 Å². The van der Waals surface area contributed by atoms with E-state index in [2.05, 4.69) is 4.72 Å². The molecule has 1 N–H and O–H groups in total. The number of hydrogen-bond donors (Lipinski definition) is 1. The second-order valence-corrected chi connectivity index (χ2v) is 6.18. The summed E-state index contributed by atoms with van der Waals surface area (Å²) >= 11 is 11.2. The summed E-state index contributed by atoms with van der Waals surface area (Å²) in [5.74, 6) is 0.615. The van der Waals surface area contributed by atoms with Crippen LogP contribution in [0.2, 0.25) is 5.02 Å². The van der Waals surface area contributed by atoms with E-state index in [9.17, 15) is 8.42 Å². The topological polar surface area (TPSA) is 46.2 Å². The van der Waals surface area contributed by atoms with Crippen LogP contribution in [0.25, 0.3) is 0 Å². The zero-order chi connectivity index (χ0) is 12.7. The number of unbranched alkanes of at least 4 members (excludes halogenated alkanes) is 2. The van der Waals surface area contributed by atoms with Gasteiger partial charge in [0.25, 0.3) is 0 Å². The number of nitrogens with one attached hydrogen (secondary N) is 1. The molecule has 96 valence electrons. The number of sulfonamides is 1. The molecule has 1 aromatic rings. The van der Waals surface area contributed by atoms with Gasteiger partial charge in [0.05, 0.1) is 4.90 Å². The SMILES string of the molecule is O=S(=O)(NCCCCCCl)c1ccc(Cl)cc1. The molecule has 0 saturated carbocycles. The molecular weight excluding hydrogens is 281 g/mol. The van der Waals surface area contributed by atoms with Gasteiger partial charge in [-0.15, -0.1) is 11.6 Å². The Bertz CT molecular complexity index is 431. The van der Waals surface area contributed by atoms with Crippen LogP contribution in [0.5, 0.6) is 0 Å². The quantitative estimate of drug-likeness (QED) is 0.621. The van der Waals surface area contributed by atoms with Crippen molar-refractivity contribution >= 4 is 33.2 Å². The van der Waals surface area contributed by atoms with Crippen molar-refractivity contribution in [3.8, 4) is 0 Å². The highest BCUT2D eigenvalue weighted by atomic mass is 35.5. The lowest BCUT2D eigenvalue weighted by molar-refractivity contribution is 0.576. The minimum Gasteiger partial charge on any atom is -0.211 e. The zero-order valence-corrected chi connectivity index (χ0v) is 11.7. The summed E-state index contributed by atoms with van der Waals surface area (Å²) in [5, 5.41) is 0.520. The minimum absolute atomic E-state index is 0.235. The van der Waals surface area contributed by atoms with Crippen LogP contribution in [0.4, 0.5) is 0 Å². The first-order valence-electron chi connectivity index (χ1n) is 5.37. The number of hydrogen-bond acceptors (Lipinski definition) is 2. The van der Waals surface area contributed by atoms with Crippen LogP contribution in [0, 0.1) is 0 Å². The molecule has 6 heteroatoms. The van der Waals surface area contributed by atoms with Gasteiger partial charge < -0.3 is 0 Å². The first kappa shape index (κ1) is 14.8. The molecule has 0 aromatic heterocycles. The fraction of sp³-hybridized carbons (Fsp3) is 0.455. The van der Waals surface area contributed by atoms with Crippen molar-refractivity contribution in [2.75, 3.05) is 12.4 Å². The van der Waals surface area contributed by atoms with Crippen molar-refractivity contribution in [2.45, 2.75) is 24.2 Å². The van der Waals surface area contributed by atoms with E-state index in [0.29, 0.717) is 17.4 Å². The van der Waals surface area contributed by atoms with Gasteiger partial charge in [0.1, 0.15) is 0 Å². The van der Waals surface area contributed by atoms with Gasteiger partial charge in [0.15, 0.2) is 0 Å². The van der Waals surface area contributed by atoms with E-state index < -0.39 is 10.0 Å². The molecule has 3 nitrogen and oxygen atoms in total. The summed E-state index contributed by atoms with van der Waals surface area (Å²) in [4.78, 5) is 0.235. The Labute approximate surface area is 112 Å². The molecule has 1 aromatic carbocycles. The lowest BCUT2D eigenvalue weighted by atomic mass is 10.2. The molecule has 17 heavy (non-hydrogen) atoms. The standard InChI is InChI=1S/C11H15Cl2NO2S/c12-8-2-1-3-9-14-17(15,16)11-6-4-10(13)5-7-11/h4-7,14H,1-3,8-9H2. The van der Waals surface area contributed by atoms with E-state index in [0.717, 1.165) is 19.3 Å². The highest BCUT2D eigenvalue weighted by Gasteiger charge is 2.12. The number of halogens is 2. The highest BCUT2D eigenvalue weighted by molar-refractivity contribution is 7.89. The average Bonchev–Trinajstić information content (AvgIpc) is 2.29. The van der Waals surface area contributed by atoms with Gasteiger partial charge in [-0.3, -0.25) is 0 Å². The normalized spacial score (nSPS) is 11.6. The fourth-order valence-corrected chi connectivity index (χ4v) is 2.69. The third-order valence-corrected chi connectivity index (χ3v) is 4.22. The molecule has 0 unspecified atom stereocenters. The van der Waals surface area contributed by atoms with Crippen LogP contribution in [0.1, 0.15) is 19.3 Å². The Morgan fingerprint density at radius 3 is 2.29 bits per heavy atom. The largest absolute Gasteiger partial charge is 0.240 e. The van der Waals surface area contributed by atoms with Gasteiger partial charge in [0.2, 0.25) is 10.0 Å². The number of rotatable bonds is 7. The van der Waals surface area contributed by atoms with E-state index in [1.54, 1.807) is 12.1 Å². The lowest BCUT2D eigenvalue weighted by Gasteiger charge is -2.06. The predicted molar refractivity (Wildman–Crippen MR) is 71.2 cm³/mol. The van der Waals surface area contributed by atoms with Gasteiger partial charge in [-0.25, -0.2) is 13.1 Å². The smallest absolute Gasteiger partial charge is 0.211 e. The summed E-state index contributed by atoms with van der Waals surface area (Å²) in [6.45, 7) is 0.432. The molecule has 0 fully saturated rings. The summed E-state index contributed by atoms with van der Waals surface area (Å²) in [5.41, 5.74) is 0. The molecular formula is C11H15Cl2NO2S. The van der Waals surface area contributed by atoms with Crippen molar-refractivity contribution in [3.63, 3.8) is 0 Å². The van der Waals surface area contributed by atoms with Crippen LogP contribution in [0.3, 0.4) is 0 Å². The summed E-state index contributed by atoms with van der Waals surface area (Å²) < 4.78 is 26.1. The first-order valence-corrected chi connectivity index (χ1v) is 7.77. The van der Waals surface area contributed by atoms with Crippen LogP contribution in [0.15, 0.2) is 29.2 Å². The maximum absolute atomic E-state index is 11.8. The van der Waals surface area contributed by atoms with Crippen LogP contribution >= 0.6 is 23.2 Å². The Balaban J connectivity index is 2.48. The molecule has 0 aliphatic heterocycles.